The van der Waals surface area contributed by atoms with Crippen LogP contribution in [0.5, 0.6) is 0 Å². The Kier molecular flexibility index (Phi) is 3.46. The SMILES string of the molecule is OCc1ccc(I)c2c(CBr)csc12. The van der Waals surface area contributed by atoms with Gasteiger partial charge in [-0.1, -0.05) is 22.0 Å². The molecule has 1 aromatic heterocycles. The number of aliphatic hydroxyl groups is 1. The molecule has 2 aromatic rings. The fourth-order valence-electron chi connectivity index (χ4n) is 1.45. The van der Waals surface area contributed by atoms with Crippen molar-refractivity contribution >= 4 is 59.9 Å². The lowest BCUT2D eigenvalue weighted by molar-refractivity contribution is 0.283. The minimum atomic E-state index is 0.121. The first kappa shape index (κ1) is 10.9. The number of rotatable bonds is 2. The summed E-state index contributed by atoms with van der Waals surface area (Å²) in [7, 11) is 0. The van der Waals surface area contributed by atoms with Crippen LogP contribution in [-0.4, -0.2) is 5.11 Å². The van der Waals surface area contributed by atoms with E-state index in [0.29, 0.717) is 0 Å². The van der Waals surface area contributed by atoms with Crippen molar-refractivity contribution in [3.05, 3.63) is 32.2 Å². The molecule has 1 heterocycles. The van der Waals surface area contributed by atoms with Gasteiger partial charge in [-0.3, -0.25) is 0 Å². The average Bonchev–Trinajstić information content (AvgIpc) is 2.63. The lowest BCUT2D eigenvalue weighted by atomic mass is 10.1. The molecule has 0 atom stereocenters. The molecule has 4 heteroatoms. The highest BCUT2D eigenvalue weighted by atomic mass is 127. The highest BCUT2D eigenvalue weighted by Gasteiger charge is 2.09. The molecule has 0 unspecified atom stereocenters. The van der Waals surface area contributed by atoms with Gasteiger partial charge in [0, 0.05) is 19.0 Å². The lowest BCUT2D eigenvalue weighted by Gasteiger charge is -2.02. The third-order valence-corrected chi connectivity index (χ3v) is 4.75. The van der Waals surface area contributed by atoms with Gasteiger partial charge in [0.15, 0.2) is 0 Å². The van der Waals surface area contributed by atoms with E-state index in [0.717, 1.165) is 10.9 Å². The number of benzene rings is 1. The second-order valence-corrected chi connectivity index (χ2v) is 5.57. The van der Waals surface area contributed by atoms with Gasteiger partial charge in [0.2, 0.25) is 0 Å². The van der Waals surface area contributed by atoms with Crippen molar-refractivity contribution in [3.63, 3.8) is 0 Å². The number of hydrogen-bond donors (Lipinski definition) is 1. The van der Waals surface area contributed by atoms with Crippen molar-refractivity contribution in [1.29, 1.82) is 0 Å². The Morgan fingerprint density at radius 3 is 2.79 bits per heavy atom. The molecule has 0 spiro atoms. The highest BCUT2D eigenvalue weighted by molar-refractivity contribution is 14.1. The Bertz CT molecular complexity index is 466. The van der Waals surface area contributed by atoms with Crippen LogP contribution in [0.15, 0.2) is 17.5 Å². The molecular weight excluding hydrogens is 375 g/mol. The molecule has 2 rings (SSSR count). The van der Waals surface area contributed by atoms with Gasteiger partial charge in [-0.15, -0.1) is 11.3 Å². The Hall–Kier alpha value is 0.350. The highest BCUT2D eigenvalue weighted by Crippen LogP contribution is 2.34. The zero-order valence-electron chi connectivity index (χ0n) is 7.26. The Labute approximate surface area is 108 Å². The number of aliphatic hydroxyl groups excluding tert-OH is 1. The summed E-state index contributed by atoms with van der Waals surface area (Å²) in [6.45, 7) is 0.121. The van der Waals surface area contributed by atoms with Crippen LogP contribution < -0.4 is 0 Å². The van der Waals surface area contributed by atoms with Gasteiger partial charge in [-0.05, 0) is 45.2 Å². The summed E-state index contributed by atoms with van der Waals surface area (Å²) in [4.78, 5) is 0. The monoisotopic (exact) mass is 382 g/mol. The summed E-state index contributed by atoms with van der Waals surface area (Å²) >= 11 is 7.53. The van der Waals surface area contributed by atoms with Crippen LogP contribution in [0.25, 0.3) is 10.1 Å². The van der Waals surface area contributed by atoms with Gasteiger partial charge in [-0.25, -0.2) is 0 Å². The summed E-state index contributed by atoms with van der Waals surface area (Å²) in [6, 6.07) is 4.06. The van der Waals surface area contributed by atoms with Gasteiger partial charge < -0.3 is 5.11 Å². The van der Waals surface area contributed by atoms with E-state index in [1.54, 1.807) is 11.3 Å². The summed E-state index contributed by atoms with van der Waals surface area (Å²) < 4.78 is 2.47. The molecule has 1 aromatic carbocycles. The second-order valence-electron chi connectivity index (χ2n) is 2.96. The minimum absolute atomic E-state index is 0.121. The zero-order valence-corrected chi connectivity index (χ0v) is 11.8. The van der Waals surface area contributed by atoms with Crippen molar-refractivity contribution in [2.45, 2.75) is 11.9 Å². The fraction of sp³-hybridized carbons (Fsp3) is 0.200. The van der Waals surface area contributed by atoms with E-state index in [9.17, 15) is 5.11 Å². The van der Waals surface area contributed by atoms with Crippen molar-refractivity contribution < 1.29 is 5.11 Å². The summed E-state index contributed by atoms with van der Waals surface area (Å²) in [6.07, 6.45) is 0. The van der Waals surface area contributed by atoms with Crippen LogP contribution in [0, 0.1) is 3.57 Å². The van der Waals surface area contributed by atoms with Crippen LogP contribution in [0.2, 0.25) is 0 Å². The van der Waals surface area contributed by atoms with Crippen LogP contribution >= 0.6 is 49.9 Å². The number of alkyl halides is 1. The maximum absolute atomic E-state index is 9.20. The van der Waals surface area contributed by atoms with E-state index >= 15 is 0 Å². The van der Waals surface area contributed by atoms with Crippen LogP contribution in [-0.2, 0) is 11.9 Å². The largest absolute Gasteiger partial charge is 0.392 e. The molecule has 0 saturated heterocycles. The normalized spacial score (nSPS) is 11.1. The minimum Gasteiger partial charge on any atom is -0.392 e. The molecule has 0 aliphatic carbocycles. The Morgan fingerprint density at radius 1 is 1.36 bits per heavy atom. The first-order valence-corrected chi connectivity index (χ1v) is 7.20. The van der Waals surface area contributed by atoms with Crippen LogP contribution in [0.1, 0.15) is 11.1 Å². The number of hydrogen-bond acceptors (Lipinski definition) is 2. The van der Waals surface area contributed by atoms with E-state index in [2.05, 4.69) is 50.0 Å². The molecule has 1 N–H and O–H groups in total. The lowest BCUT2D eigenvalue weighted by Crippen LogP contribution is -1.85. The van der Waals surface area contributed by atoms with Gasteiger partial charge in [0.1, 0.15) is 0 Å². The molecule has 0 amide bonds. The van der Waals surface area contributed by atoms with Gasteiger partial charge >= 0.3 is 0 Å². The fourth-order valence-corrected chi connectivity index (χ4v) is 4.19. The number of thiophene rings is 1. The topological polar surface area (TPSA) is 20.2 Å². The van der Waals surface area contributed by atoms with Gasteiger partial charge in [-0.2, -0.15) is 0 Å². The van der Waals surface area contributed by atoms with E-state index in [-0.39, 0.29) is 6.61 Å². The van der Waals surface area contributed by atoms with Crippen LogP contribution in [0.4, 0.5) is 0 Å². The maximum atomic E-state index is 9.20. The zero-order chi connectivity index (χ0) is 10.1. The van der Waals surface area contributed by atoms with E-state index in [1.807, 2.05) is 6.07 Å². The smallest absolute Gasteiger partial charge is 0.0695 e. The van der Waals surface area contributed by atoms with E-state index < -0.39 is 0 Å². The standard InChI is InChI=1S/C10H8BrIOS/c11-3-7-5-14-10-6(4-13)1-2-8(12)9(7)10/h1-2,5,13H,3-4H2. The van der Waals surface area contributed by atoms with Crippen molar-refractivity contribution in [2.24, 2.45) is 0 Å². The van der Waals surface area contributed by atoms with E-state index in [4.69, 9.17) is 0 Å². The first-order valence-electron chi connectivity index (χ1n) is 4.12. The van der Waals surface area contributed by atoms with Gasteiger partial charge in [0.25, 0.3) is 0 Å². The van der Waals surface area contributed by atoms with Crippen molar-refractivity contribution in [3.8, 4) is 0 Å². The van der Waals surface area contributed by atoms with Gasteiger partial charge in [0.05, 0.1) is 6.61 Å². The third kappa shape index (κ3) is 1.73. The molecule has 1 nitrogen and oxygen atoms in total. The molecule has 0 fully saturated rings. The molecule has 74 valence electrons. The molecule has 0 bridgehead atoms. The summed E-state index contributed by atoms with van der Waals surface area (Å²) in [5.74, 6) is 0. The average molecular weight is 383 g/mol. The molecule has 0 aliphatic heterocycles. The molecule has 0 saturated carbocycles. The molecule has 0 radical (unpaired) electrons. The molecule has 0 aliphatic rings. The quantitative estimate of drug-likeness (QED) is 0.617. The molecular formula is C10H8BrIOS. The summed E-state index contributed by atoms with van der Waals surface area (Å²) in [5, 5.41) is 13.5. The Balaban J connectivity index is 2.80. The predicted molar refractivity (Wildman–Crippen MR) is 73.1 cm³/mol. The third-order valence-electron chi connectivity index (χ3n) is 2.14. The number of fused-ring (bicyclic) bond motifs is 1. The summed E-state index contributed by atoms with van der Waals surface area (Å²) in [5.41, 5.74) is 2.34. The van der Waals surface area contributed by atoms with Crippen molar-refractivity contribution in [1.82, 2.24) is 0 Å². The number of halogens is 2. The van der Waals surface area contributed by atoms with E-state index in [1.165, 1.54) is 19.2 Å². The maximum Gasteiger partial charge on any atom is 0.0695 e. The predicted octanol–water partition coefficient (Wildman–Crippen LogP) is 3.89. The Morgan fingerprint density at radius 2 is 2.14 bits per heavy atom. The van der Waals surface area contributed by atoms with Crippen LogP contribution in [0.3, 0.4) is 0 Å². The second kappa shape index (κ2) is 4.47. The molecule has 14 heavy (non-hydrogen) atoms. The first-order chi connectivity index (χ1) is 6.77. The van der Waals surface area contributed by atoms with Crippen molar-refractivity contribution in [2.75, 3.05) is 0 Å².